The average molecular weight is 412 g/mol. The fraction of sp³-hybridized carbons (Fsp3) is 0.300. The van der Waals surface area contributed by atoms with Crippen molar-refractivity contribution in [2.24, 2.45) is 0 Å². The van der Waals surface area contributed by atoms with Crippen LogP contribution in [0.1, 0.15) is 32.4 Å². The lowest BCUT2D eigenvalue weighted by atomic mass is 10.1. The van der Waals surface area contributed by atoms with E-state index < -0.39 is 0 Å². The van der Waals surface area contributed by atoms with Crippen molar-refractivity contribution in [1.29, 1.82) is 0 Å². The maximum absolute atomic E-state index is 12.7. The molecule has 3 heterocycles. The van der Waals surface area contributed by atoms with E-state index in [2.05, 4.69) is 15.5 Å². The predicted molar refractivity (Wildman–Crippen MR) is 107 cm³/mol. The molecular weight excluding hydrogens is 392 g/mol. The summed E-state index contributed by atoms with van der Waals surface area (Å²) in [5, 5.41) is 6.97. The van der Waals surface area contributed by atoms with Gasteiger partial charge in [-0.2, -0.15) is 0 Å². The third-order valence-corrected chi connectivity index (χ3v) is 5.65. The molecule has 3 aromatic rings. The number of benzene rings is 1. The molecule has 1 aliphatic rings. The Labute approximate surface area is 171 Å². The maximum Gasteiger partial charge on any atom is 0.279 e. The van der Waals surface area contributed by atoms with E-state index in [1.165, 1.54) is 11.3 Å². The summed E-state index contributed by atoms with van der Waals surface area (Å²) >= 11 is 1.38. The number of fused-ring (bicyclic) bond motifs is 1. The number of aryl methyl sites for hydroxylation is 1. The normalized spacial score (nSPS) is 13.1. The average Bonchev–Trinajstić information content (AvgIpc) is 3.33. The fourth-order valence-corrected chi connectivity index (χ4v) is 4.18. The van der Waals surface area contributed by atoms with Crippen molar-refractivity contribution in [2.45, 2.75) is 26.3 Å². The molecule has 0 aliphatic carbocycles. The Morgan fingerprint density at radius 1 is 1.34 bits per heavy atom. The van der Waals surface area contributed by atoms with Crippen LogP contribution in [0.4, 0.5) is 5.13 Å². The van der Waals surface area contributed by atoms with E-state index in [0.717, 1.165) is 21.9 Å². The summed E-state index contributed by atoms with van der Waals surface area (Å²) in [6, 6.07) is 9.10. The van der Waals surface area contributed by atoms with E-state index in [4.69, 9.17) is 9.26 Å². The molecule has 0 saturated heterocycles. The van der Waals surface area contributed by atoms with Crippen molar-refractivity contribution in [3.05, 3.63) is 57.9 Å². The molecule has 2 amide bonds. The molecule has 9 heteroatoms. The Balaban J connectivity index is 1.40. The molecule has 2 aromatic heterocycles. The first kappa shape index (κ1) is 19.1. The first-order chi connectivity index (χ1) is 14.0. The molecule has 0 saturated carbocycles. The maximum atomic E-state index is 12.7. The summed E-state index contributed by atoms with van der Waals surface area (Å²) in [6.07, 6.45) is 0.981. The number of rotatable bonds is 5. The smallest absolute Gasteiger partial charge is 0.279 e. The van der Waals surface area contributed by atoms with E-state index in [1.54, 1.807) is 20.1 Å². The van der Waals surface area contributed by atoms with Crippen molar-refractivity contribution < 1.29 is 18.8 Å². The molecule has 4 rings (SSSR count). The standard InChI is InChI=1S/C20H20N4O4S/c1-12-8-16(23-28-12)19(26)22-20-21-15-6-7-24(11-17(15)29-20)18(25)10-13-4-3-5-14(9-13)27-2/h3-5,8-9H,6-7,10-11H2,1-2H3,(H,21,22,26). The zero-order chi connectivity index (χ0) is 20.4. The topological polar surface area (TPSA) is 97.6 Å². The first-order valence-corrected chi connectivity index (χ1v) is 9.97. The van der Waals surface area contributed by atoms with Crippen molar-refractivity contribution in [2.75, 3.05) is 19.0 Å². The van der Waals surface area contributed by atoms with Crippen LogP contribution in [-0.2, 0) is 24.2 Å². The van der Waals surface area contributed by atoms with Gasteiger partial charge in [-0.15, -0.1) is 0 Å². The Bertz CT molecular complexity index is 1060. The third-order valence-electron chi connectivity index (χ3n) is 4.65. The van der Waals surface area contributed by atoms with Gasteiger partial charge in [0.2, 0.25) is 5.91 Å². The van der Waals surface area contributed by atoms with E-state index in [0.29, 0.717) is 36.8 Å². The van der Waals surface area contributed by atoms with E-state index in [9.17, 15) is 9.59 Å². The number of hydrogen-bond donors (Lipinski definition) is 1. The monoisotopic (exact) mass is 412 g/mol. The summed E-state index contributed by atoms with van der Waals surface area (Å²) in [5.74, 6) is 1.00. The van der Waals surface area contributed by atoms with Crippen LogP contribution in [0.3, 0.4) is 0 Å². The van der Waals surface area contributed by atoms with Gasteiger partial charge in [-0.3, -0.25) is 14.9 Å². The minimum Gasteiger partial charge on any atom is -0.497 e. The largest absolute Gasteiger partial charge is 0.497 e. The number of aromatic nitrogens is 2. The third kappa shape index (κ3) is 4.29. The minimum absolute atomic E-state index is 0.0564. The molecule has 29 heavy (non-hydrogen) atoms. The Kier molecular flexibility index (Phi) is 5.30. The van der Waals surface area contributed by atoms with Gasteiger partial charge in [-0.05, 0) is 24.6 Å². The second-order valence-electron chi connectivity index (χ2n) is 6.76. The lowest BCUT2D eigenvalue weighted by molar-refractivity contribution is -0.131. The van der Waals surface area contributed by atoms with E-state index in [-0.39, 0.29) is 17.5 Å². The summed E-state index contributed by atoms with van der Waals surface area (Å²) in [4.78, 5) is 32.3. The summed E-state index contributed by atoms with van der Waals surface area (Å²) < 4.78 is 10.1. The molecule has 1 aromatic carbocycles. The number of nitrogens with one attached hydrogen (secondary N) is 1. The van der Waals surface area contributed by atoms with Crippen LogP contribution >= 0.6 is 11.3 Å². The van der Waals surface area contributed by atoms with Gasteiger partial charge in [0.15, 0.2) is 10.8 Å². The van der Waals surface area contributed by atoms with Crippen LogP contribution in [-0.4, -0.2) is 40.5 Å². The Hall–Kier alpha value is -3.20. The van der Waals surface area contributed by atoms with Gasteiger partial charge in [0.1, 0.15) is 11.5 Å². The van der Waals surface area contributed by atoms with Crippen molar-refractivity contribution in [1.82, 2.24) is 15.0 Å². The van der Waals surface area contributed by atoms with Crippen LogP contribution in [0, 0.1) is 6.92 Å². The molecule has 0 atom stereocenters. The highest BCUT2D eigenvalue weighted by Gasteiger charge is 2.25. The highest BCUT2D eigenvalue weighted by Crippen LogP contribution is 2.29. The second kappa shape index (κ2) is 8.04. The second-order valence-corrected chi connectivity index (χ2v) is 7.84. The van der Waals surface area contributed by atoms with Gasteiger partial charge in [0, 0.05) is 23.9 Å². The number of methoxy groups -OCH3 is 1. The van der Waals surface area contributed by atoms with Gasteiger partial charge in [-0.1, -0.05) is 28.6 Å². The van der Waals surface area contributed by atoms with Gasteiger partial charge < -0.3 is 14.2 Å². The van der Waals surface area contributed by atoms with Crippen molar-refractivity contribution >= 4 is 28.3 Å². The molecule has 0 unspecified atom stereocenters. The number of carbonyl (C=O) groups is 2. The number of thiazole rings is 1. The van der Waals surface area contributed by atoms with Gasteiger partial charge in [-0.25, -0.2) is 4.98 Å². The number of ether oxygens (including phenoxy) is 1. The van der Waals surface area contributed by atoms with E-state index in [1.807, 2.05) is 29.2 Å². The highest BCUT2D eigenvalue weighted by atomic mass is 32.1. The molecule has 1 N–H and O–H groups in total. The van der Waals surface area contributed by atoms with Crippen molar-refractivity contribution in [3.63, 3.8) is 0 Å². The van der Waals surface area contributed by atoms with Crippen LogP contribution in [0.15, 0.2) is 34.9 Å². The molecule has 8 nitrogen and oxygen atoms in total. The van der Waals surface area contributed by atoms with E-state index >= 15 is 0 Å². The summed E-state index contributed by atoms with van der Waals surface area (Å²) in [7, 11) is 1.61. The van der Waals surface area contributed by atoms with Gasteiger partial charge in [0.25, 0.3) is 5.91 Å². The number of carbonyl (C=O) groups excluding carboxylic acids is 2. The molecule has 150 valence electrons. The molecule has 0 bridgehead atoms. The lowest BCUT2D eigenvalue weighted by Gasteiger charge is -2.26. The highest BCUT2D eigenvalue weighted by molar-refractivity contribution is 7.15. The Morgan fingerprint density at radius 3 is 2.97 bits per heavy atom. The van der Waals surface area contributed by atoms with Crippen LogP contribution in [0.25, 0.3) is 0 Å². The number of amides is 2. The predicted octanol–water partition coefficient (Wildman–Crippen LogP) is 2.83. The zero-order valence-electron chi connectivity index (χ0n) is 16.1. The van der Waals surface area contributed by atoms with Crippen LogP contribution < -0.4 is 10.1 Å². The molecule has 0 fully saturated rings. The van der Waals surface area contributed by atoms with Gasteiger partial charge in [0.05, 0.1) is 25.8 Å². The lowest BCUT2D eigenvalue weighted by Crippen LogP contribution is -2.36. The summed E-state index contributed by atoms with van der Waals surface area (Å²) in [5.41, 5.74) is 2.05. The Morgan fingerprint density at radius 2 is 2.21 bits per heavy atom. The first-order valence-electron chi connectivity index (χ1n) is 9.16. The zero-order valence-corrected chi connectivity index (χ0v) is 16.9. The fourth-order valence-electron chi connectivity index (χ4n) is 3.17. The number of hydrogen-bond acceptors (Lipinski definition) is 7. The van der Waals surface area contributed by atoms with Crippen LogP contribution in [0.5, 0.6) is 5.75 Å². The molecule has 0 radical (unpaired) electrons. The molecular formula is C20H20N4O4S. The number of nitrogens with zero attached hydrogens (tertiary/aromatic N) is 3. The SMILES string of the molecule is COc1cccc(CC(=O)N2CCc3nc(NC(=O)c4cc(C)on4)sc3C2)c1. The van der Waals surface area contributed by atoms with Crippen molar-refractivity contribution in [3.8, 4) is 5.75 Å². The quantitative estimate of drug-likeness (QED) is 0.692. The number of anilines is 1. The molecule has 1 aliphatic heterocycles. The van der Waals surface area contributed by atoms with Crippen LogP contribution in [0.2, 0.25) is 0 Å². The summed E-state index contributed by atoms with van der Waals surface area (Å²) in [6.45, 7) is 2.83. The minimum atomic E-state index is -0.362. The van der Waals surface area contributed by atoms with Gasteiger partial charge >= 0.3 is 0 Å². The molecule has 0 spiro atoms.